The van der Waals surface area contributed by atoms with Gasteiger partial charge in [-0.1, -0.05) is 0 Å². The van der Waals surface area contributed by atoms with Crippen molar-refractivity contribution in [1.82, 2.24) is 19.8 Å². The fourth-order valence-electron chi connectivity index (χ4n) is 2.38. The number of amides is 2. The first-order valence-corrected chi connectivity index (χ1v) is 6.24. The van der Waals surface area contributed by atoms with Gasteiger partial charge in [0.2, 0.25) is 0 Å². The van der Waals surface area contributed by atoms with E-state index in [0.717, 1.165) is 5.82 Å². The average molecular weight is 266 g/mol. The summed E-state index contributed by atoms with van der Waals surface area (Å²) < 4.78 is 1.83. The molecule has 0 spiro atoms. The molecule has 2 atom stereocenters. The Balaban J connectivity index is 1.91. The summed E-state index contributed by atoms with van der Waals surface area (Å²) >= 11 is 0. The van der Waals surface area contributed by atoms with E-state index >= 15 is 0 Å². The number of urea groups is 1. The van der Waals surface area contributed by atoms with Crippen LogP contribution in [-0.4, -0.2) is 44.1 Å². The highest BCUT2D eigenvalue weighted by Gasteiger charge is 2.38. The molecule has 1 aliphatic rings. The van der Waals surface area contributed by atoms with E-state index in [2.05, 4.69) is 10.3 Å². The Labute approximate surface area is 111 Å². The second-order valence-electron chi connectivity index (χ2n) is 4.78. The number of aryl methyl sites for hydroxylation is 1. The second-order valence-corrected chi connectivity index (χ2v) is 4.78. The third-order valence-electron chi connectivity index (χ3n) is 3.65. The van der Waals surface area contributed by atoms with Crippen LogP contribution in [0.3, 0.4) is 0 Å². The van der Waals surface area contributed by atoms with Gasteiger partial charge < -0.3 is 19.9 Å². The maximum atomic E-state index is 12.0. The van der Waals surface area contributed by atoms with Crippen molar-refractivity contribution in [3.63, 3.8) is 0 Å². The number of carboxylic acid groups (broad SMARTS) is 1. The lowest BCUT2D eigenvalue weighted by Gasteiger charge is -2.23. The van der Waals surface area contributed by atoms with Crippen molar-refractivity contribution in [2.75, 3.05) is 6.54 Å². The van der Waals surface area contributed by atoms with Crippen molar-refractivity contribution in [1.29, 1.82) is 0 Å². The van der Waals surface area contributed by atoms with Crippen LogP contribution in [0.5, 0.6) is 0 Å². The summed E-state index contributed by atoms with van der Waals surface area (Å²) in [5, 5.41) is 11.8. The Morgan fingerprint density at radius 3 is 2.84 bits per heavy atom. The van der Waals surface area contributed by atoms with E-state index in [0.29, 0.717) is 19.5 Å². The number of nitrogens with one attached hydrogen (secondary N) is 1. The summed E-state index contributed by atoms with van der Waals surface area (Å²) in [5.41, 5.74) is 0. The van der Waals surface area contributed by atoms with Gasteiger partial charge in [0.25, 0.3) is 0 Å². The predicted molar refractivity (Wildman–Crippen MR) is 67.4 cm³/mol. The summed E-state index contributed by atoms with van der Waals surface area (Å²) in [6.45, 7) is 2.58. The number of rotatable bonds is 3. The van der Waals surface area contributed by atoms with Crippen LogP contribution >= 0.6 is 0 Å². The molecule has 1 saturated heterocycles. The summed E-state index contributed by atoms with van der Waals surface area (Å²) in [5.74, 6) is -0.555. The molecule has 0 aromatic carbocycles. The van der Waals surface area contributed by atoms with E-state index in [4.69, 9.17) is 5.11 Å². The van der Waals surface area contributed by atoms with Crippen molar-refractivity contribution < 1.29 is 14.7 Å². The number of carbonyl (C=O) groups excluding carboxylic acids is 1. The van der Waals surface area contributed by atoms with Gasteiger partial charge in [-0.25, -0.2) is 9.78 Å². The minimum atomic E-state index is -0.841. The van der Waals surface area contributed by atoms with Gasteiger partial charge >= 0.3 is 12.0 Å². The van der Waals surface area contributed by atoms with Crippen LogP contribution in [0.4, 0.5) is 4.79 Å². The third kappa shape index (κ3) is 2.69. The lowest BCUT2D eigenvalue weighted by Crippen LogP contribution is -2.43. The summed E-state index contributed by atoms with van der Waals surface area (Å²) in [6, 6.07) is -0.516. The van der Waals surface area contributed by atoms with E-state index < -0.39 is 11.9 Å². The standard InChI is InChI=1S/C12H18N4O3/c1-8-9(11(17)18)3-5-16(8)12(19)14-7-10-13-4-6-15(10)2/h4,6,8-9H,3,5,7H2,1-2H3,(H,14,19)(H,17,18). The van der Waals surface area contributed by atoms with E-state index in [1.165, 1.54) is 0 Å². The van der Waals surface area contributed by atoms with Crippen molar-refractivity contribution in [3.05, 3.63) is 18.2 Å². The third-order valence-corrected chi connectivity index (χ3v) is 3.65. The minimum Gasteiger partial charge on any atom is -0.481 e. The van der Waals surface area contributed by atoms with Crippen LogP contribution in [0.15, 0.2) is 12.4 Å². The topological polar surface area (TPSA) is 87.5 Å². The van der Waals surface area contributed by atoms with Gasteiger partial charge in [0.1, 0.15) is 5.82 Å². The summed E-state index contributed by atoms with van der Waals surface area (Å²) in [6.07, 6.45) is 3.98. The van der Waals surface area contributed by atoms with E-state index in [1.54, 1.807) is 24.2 Å². The van der Waals surface area contributed by atoms with Crippen LogP contribution in [0.2, 0.25) is 0 Å². The van der Waals surface area contributed by atoms with E-state index in [1.807, 2.05) is 11.6 Å². The molecule has 2 heterocycles. The molecule has 0 aliphatic carbocycles. The molecule has 2 amide bonds. The van der Waals surface area contributed by atoms with E-state index in [-0.39, 0.29) is 12.1 Å². The maximum Gasteiger partial charge on any atom is 0.318 e. The number of hydrogen-bond acceptors (Lipinski definition) is 3. The lowest BCUT2D eigenvalue weighted by atomic mass is 10.0. The normalized spacial score (nSPS) is 22.5. The quantitative estimate of drug-likeness (QED) is 0.830. The van der Waals surface area contributed by atoms with Crippen LogP contribution in [0.1, 0.15) is 19.2 Å². The smallest absolute Gasteiger partial charge is 0.318 e. The molecule has 19 heavy (non-hydrogen) atoms. The number of nitrogens with zero attached hydrogens (tertiary/aromatic N) is 3. The molecular weight excluding hydrogens is 248 g/mol. The number of aromatic nitrogens is 2. The Bertz CT molecular complexity index is 485. The second kappa shape index (κ2) is 5.29. The Morgan fingerprint density at radius 2 is 2.32 bits per heavy atom. The molecule has 1 aromatic heterocycles. The van der Waals surface area contributed by atoms with Crippen molar-refractivity contribution in [2.24, 2.45) is 13.0 Å². The molecule has 2 N–H and O–H groups in total. The van der Waals surface area contributed by atoms with Gasteiger partial charge in [0.05, 0.1) is 12.5 Å². The zero-order chi connectivity index (χ0) is 14.0. The molecule has 104 valence electrons. The van der Waals surface area contributed by atoms with Crippen LogP contribution in [-0.2, 0) is 18.4 Å². The van der Waals surface area contributed by atoms with Crippen molar-refractivity contribution in [3.8, 4) is 0 Å². The molecule has 2 rings (SSSR count). The highest BCUT2D eigenvalue weighted by molar-refractivity contribution is 5.78. The molecule has 0 saturated carbocycles. The first kappa shape index (κ1) is 13.4. The monoisotopic (exact) mass is 266 g/mol. The highest BCUT2D eigenvalue weighted by atomic mass is 16.4. The van der Waals surface area contributed by atoms with Gasteiger partial charge in [0.15, 0.2) is 0 Å². The number of carboxylic acids is 1. The van der Waals surface area contributed by atoms with Crippen LogP contribution < -0.4 is 5.32 Å². The van der Waals surface area contributed by atoms with Crippen LogP contribution in [0.25, 0.3) is 0 Å². The molecule has 1 aliphatic heterocycles. The molecule has 0 bridgehead atoms. The molecule has 1 aromatic rings. The molecule has 1 fully saturated rings. The fraction of sp³-hybridized carbons (Fsp3) is 0.583. The first-order chi connectivity index (χ1) is 9.00. The van der Waals surface area contributed by atoms with Gasteiger partial charge in [0, 0.05) is 32.0 Å². The molecule has 0 radical (unpaired) electrons. The summed E-state index contributed by atoms with van der Waals surface area (Å²) in [7, 11) is 1.85. The molecular formula is C12H18N4O3. The van der Waals surface area contributed by atoms with Gasteiger partial charge in [-0.3, -0.25) is 4.79 Å². The molecule has 2 unspecified atom stereocenters. The Morgan fingerprint density at radius 1 is 1.58 bits per heavy atom. The predicted octanol–water partition coefficient (Wildman–Crippen LogP) is 0.425. The van der Waals surface area contributed by atoms with Crippen LogP contribution in [0, 0.1) is 5.92 Å². The fourth-order valence-corrected chi connectivity index (χ4v) is 2.38. The first-order valence-electron chi connectivity index (χ1n) is 6.24. The zero-order valence-corrected chi connectivity index (χ0v) is 11.0. The Hall–Kier alpha value is -2.05. The molecule has 7 heteroatoms. The number of hydrogen-bond donors (Lipinski definition) is 2. The highest BCUT2D eigenvalue weighted by Crippen LogP contribution is 2.24. The van der Waals surface area contributed by atoms with Crippen molar-refractivity contribution in [2.45, 2.75) is 25.9 Å². The number of imidazole rings is 1. The maximum absolute atomic E-state index is 12.0. The van der Waals surface area contributed by atoms with Gasteiger partial charge in [-0.05, 0) is 13.3 Å². The van der Waals surface area contributed by atoms with E-state index in [9.17, 15) is 9.59 Å². The molecule has 7 nitrogen and oxygen atoms in total. The van der Waals surface area contributed by atoms with Gasteiger partial charge in [-0.15, -0.1) is 0 Å². The van der Waals surface area contributed by atoms with Gasteiger partial charge in [-0.2, -0.15) is 0 Å². The number of carbonyl (C=O) groups is 2. The largest absolute Gasteiger partial charge is 0.481 e. The summed E-state index contributed by atoms with van der Waals surface area (Å²) in [4.78, 5) is 28.7. The zero-order valence-electron chi connectivity index (χ0n) is 11.0. The lowest BCUT2D eigenvalue weighted by molar-refractivity contribution is -0.142. The minimum absolute atomic E-state index is 0.237. The van der Waals surface area contributed by atoms with Crippen molar-refractivity contribution >= 4 is 12.0 Å². The number of likely N-dealkylation sites (tertiary alicyclic amines) is 1. The number of aliphatic carboxylic acids is 1. The average Bonchev–Trinajstić information content (AvgIpc) is 2.92. The Kier molecular flexibility index (Phi) is 3.73. The SMILES string of the molecule is CC1C(C(=O)O)CCN1C(=O)NCc1nccn1C.